The molecular formula is C27H22ClN7O2. The number of hydrogen-bond acceptors (Lipinski definition) is 7. The molecule has 6 rings (SSSR count). The van der Waals surface area contributed by atoms with E-state index < -0.39 is 0 Å². The zero-order valence-electron chi connectivity index (χ0n) is 19.9. The highest BCUT2D eigenvalue weighted by Gasteiger charge is 2.19. The van der Waals surface area contributed by atoms with Crippen molar-refractivity contribution in [3.63, 3.8) is 0 Å². The van der Waals surface area contributed by atoms with Crippen LogP contribution in [0.3, 0.4) is 0 Å². The highest BCUT2D eigenvalue weighted by Crippen LogP contribution is 2.31. The zero-order chi connectivity index (χ0) is 25.2. The molecule has 0 aliphatic heterocycles. The fraction of sp³-hybridized carbons (Fsp3) is 0.148. The number of aryl methyl sites for hydroxylation is 1. The number of H-pyrrole nitrogens is 1. The molecule has 0 amide bonds. The molecule has 0 fully saturated rings. The van der Waals surface area contributed by atoms with Gasteiger partial charge in [-0.25, -0.2) is 4.98 Å². The number of nitrogens with zero attached hydrogens (tertiary/aromatic N) is 6. The summed E-state index contributed by atoms with van der Waals surface area (Å²) in [6.07, 6.45) is 0.758. The summed E-state index contributed by atoms with van der Waals surface area (Å²) in [5, 5.41) is 14.9. The van der Waals surface area contributed by atoms with Crippen molar-refractivity contribution in [2.24, 2.45) is 0 Å². The van der Waals surface area contributed by atoms with Crippen molar-refractivity contribution >= 4 is 23.0 Å². The second kappa shape index (κ2) is 9.87. The molecule has 3 aromatic carbocycles. The van der Waals surface area contributed by atoms with E-state index >= 15 is 0 Å². The topological polar surface area (TPSA) is 108 Å². The van der Waals surface area contributed by atoms with Crippen LogP contribution in [-0.4, -0.2) is 35.2 Å². The van der Waals surface area contributed by atoms with Crippen LogP contribution in [0.4, 0.5) is 0 Å². The van der Waals surface area contributed by atoms with E-state index in [-0.39, 0.29) is 0 Å². The molecule has 0 spiro atoms. The van der Waals surface area contributed by atoms with Gasteiger partial charge in [0.1, 0.15) is 18.2 Å². The van der Waals surface area contributed by atoms with Crippen LogP contribution >= 0.6 is 11.6 Å². The lowest BCUT2D eigenvalue weighted by Crippen LogP contribution is -2.04. The third-order valence-electron chi connectivity index (χ3n) is 6.07. The number of halogens is 1. The molecule has 3 aromatic heterocycles. The van der Waals surface area contributed by atoms with Gasteiger partial charge < -0.3 is 9.15 Å². The molecule has 0 radical (unpaired) electrons. The van der Waals surface area contributed by atoms with Crippen LogP contribution in [0.25, 0.3) is 34.2 Å². The minimum absolute atomic E-state index is 0.384. The first kappa shape index (κ1) is 22.9. The van der Waals surface area contributed by atoms with Crippen LogP contribution in [0, 0.1) is 0 Å². The predicted octanol–water partition coefficient (Wildman–Crippen LogP) is 5.71. The third-order valence-corrected chi connectivity index (χ3v) is 6.40. The van der Waals surface area contributed by atoms with Gasteiger partial charge in [0.2, 0.25) is 23.1 Å². The fourth-order valence-electron chi connectivity index (χ4n) is 4.21. The highest BCUT2D eigenvalue weighted by atomic mass is 35.5. The summed E-state index contributed by atoms with van der Waals surface area (Å²) in [6.45, 7) is 3.04. The second-order valence-corrected chi connectivity index (χ2v) is 8.83. The molecule has 0 bridgehead atoms. The Labute approximate surface area is 217 Å². The van der Waals surface area contributed by atoms with Crippen molar-refractivity contribution in [2.45, 2.75) is 26.5 Å². The Bertz CT molecular complexity index is 1660. The average Bonchev–Trinajstić information content (AvgIpc) is 3.67. The van der Waals surface area contributed by atoms with E-state index in [1.54, 1.807) is 0 Å². The molecule has 0 atom stereocenters. The first-order valence-corrected chi connectivity index (χ1v) is 12.2. The second-order valence-electron chi connectivity index (χ2n) is 8.42. The van der Waals surface area contributed by atoms with Gasteiger partial charge in [0.05, 0.1) is 17.1 Å². The number of ether oxygens (including phenoxy) is 1. The first-order valence-electron chi connectivity index (χ1n) is 11.8. The van der Waals surface area contributed by atoms with Crippen molar-refractivity contribution < 1.29 is 9.15 Å². The number of hydrogen-bond donors (Lipinski definition) is 1. The van der Waals surface area contributed by atoms with Gasteiger partial charge in [0.15, 0.2) is 0 Å². The van der Waals surface area contributed by atoms with Crippen molar-refractivity contribution in [2.75, 3.05) is 0 Å². The van der Waals surface area contributed by atoms with Gasteiger partial charge >= 0.3 is 0 Å². The SMILES string of the molecule is CCc1nc2nc(-c3ccccc3Cl)oc2n1Cc1ccc(OCc2ccccc2-c2nn[nH]n2)cc1. The van der Waals surface area contributed by atoms with Gasteiger partial charge in [-0.3, -0.25) is 4.57 Å². The van der Waals surface area contributed by atoms with Crippen molar-refractivity contribution in [3.05, 3.63) is 94.8 Å². The molecule has 1 N–H and O–H groups in total. The monoisotopic (exact) mass is 511 g/mol. The van der Waals surface area contributed by atoms with Gasteiger partial charge in [-0.2, -0.15) is 10.2 Å². The van der Waals surface area contributed by atoms with E-state index in [4.69, 9.17) is 20.8 Å². The molecule has 0 saturated heterocycles. The molecule has 37 heavy (non-hydrogen) atoms. The summed E-state index contributed by atoms with van der Waals surface area (Å²) in [7, 11) is 0. The summed E-state index contributed by atoms with van der Waals surface area (Å²) in [6, 6.07) is 23.3. The first-order chi connectivity index (χ1) is 18.2. The van der Waals surface area contributed by atoms with Crippen LogP contribution in [0.15, 0.2) is 77.2 Å². The quantitative estimate of drug-likeness (QED) is 0.278. The predicted molar refractivity (Wildman–Crippen MR) is 139 cm³/mol. The van der Waals surface area contributed by atoms with Crippen LogP contribution in [0.5, 0.6) is 5.75 Å². The van der Waals surface area contributed by atoms with Crippen molar-refractivity contribution in [1.29, 1.82) is 0 Å². The van der Waals surface area contributed by atoms with Crippen LogP contribution in [0.2, 0.25) is 5.02 Å². The smallest absolute Gasteiger partial charge is 0.249 e. The third kappa shape index (κ3) is 4.56. The average molecular weight is 512 g/mol. The number of benzene rings is 3. The van der Waals surface area contributed by atoms with Crippen molar-refractivity contribution in [3.8, 4) is 28.6 Å². The lowest BCUT2D eigenvalue weighted by atomic mass is 10.1. The highest BCUT2D eigenvalue weighted by molar-refractivity contribution is 6.33. The molecule has 3 heterocycles. The number of aromatic nitrogens is 7. The Balaban J connectivity index is 1.20. The number of fused-ring (bicyclic) bond motifs is 1. The van der Waals surface area contributed by atoms with E-state index in [9.17, 15) is 0 Å². The largest absolute Gasteiger partial charge is 0.489 e. The number of tetrazole rings is 1. The molecule has 0 unspecified atom stereocenters. The fourth-order valence-corrected chi connectivity index (χ4v) is 4.43. The molecule has 6 aromatic rings. The van der Waals surface area contributed by atoms with Gasteiger partial charge in [0, 0.05) is 17.5 Å². The standard InChI is InChI=1S/C27H22ClN7O2/c1-2-23-29-25-27(37-26(30-25)21-9-5-6-10-22(21)28)35(23)15-17-11-13-19(14-12-17)36-16-18-7-3-4-8-20(18)24-31-33-34-32-24/h3-14H,2,15-16H2,1H3,(H,31,32,33,34). The number of rotatable bonds is 8. The minimum atomic E-state index is 0.384. The van der Waals surface area contributed by atoms with E-state index in [0.717, 1.165) is 40.2 Å². The summed E-state index contributed by atoms with van der Waals surface area (Å²) >= 11 is 6.35. The Hall–Kier alpha value is -4.50. The molecule has 184 valence electrons. The Kier molecular flexibility index (Phi) is 6.11. The molecule has 10 heteroatoms. The maximum Gasteiger partial charge on any atom is 0.249 e. The van der Waals surface area contributed by atoms with Gasteiger partial charge in [-0.1, -0.05) is 67.1 Å². The Morgan fingerprint density at radius 1 is 0.946 bits per heavy atom. The van der Waals surface area contributed by atoms with Crippen molar-refractivity contribution in [1.82, 2.24) is 35.2 Å². The lowest BCUT2D eigenvalue weighted by Gasteiger charge is -2.11. The summed E-state index contributed by atoms with van der Waals surface area (Å²) in [5.41, 5.74) is 4.89. The Morgan fingerprint density at radius 3 is 2.49 bits per heavy atom. The molecule has 9 nitrogen and oxygen atoms in total. The Morgan fingerprint density at radius 2 is 1.73 bits per heavy atom. The van der Waals surface area contributed by atoms with Gasteiger partial charge in [0.25, 0.3) is 0 Å². The summed E-state index contributed by atoms with van der Waals surface area (Å²) in [5.74, 6) is 2.67. The van der Waals surface area contributed by atoms with E-state index in [0.29, 0.717) is 41.3 Å². The van der Waals surface area contributed by atoms with Crippen LogP contribution < -0.4 is 4.74 Å². The maximum atomic E-state index is 6.35. The number of oxazole rings is 1. The molecule has 0 saturated carbocycles. The lowest BCUT2D eigenvalue weighted by molar-refractivity contribution is 0.306. The normalized spacial score (nSPS) is 11.3. The minimum Gasteiger partial charge on any atom is -0.489 e. The van der Waals surface area contributed by atoms with Crippen LogP contribution in [-0.2, 0) is 19.6 Å². The van der Waals surface area contributed by atoms with E-state index in [2.05, 4.69) is 42.1 Å². The van der Waals surface area contributed by atoms with Gasteiger partial charge in [-0.05, 0) is 35.0 Å². The number of nitrogens with one attached hydrogen (secondary N) is 1. The molecular weight excluding hydrogens is 490 g/mol. The number of imidazole rings is 1. The summed E-state index contributed by atoms with van der Waals surface area (Å²) < 4.78 is 14.2. The van der Waals surface area contributed by atoms with Crippen LogP contribution in [0.1, 0.15) is 23.9 Å². The van der Waals surface area contributed by atoms with Gasteiger partial charge in [-0.15, -0.1) is 10.2 Å². The molecule has 0 aliphatic carbocycles. The van der Waals surface area contributed by atoms with E-state index in [1.165, 1.54) is 0 Å². The zero-order valence-corrected chi connectivity index (χ0v) is 20.7. The summed E-state index contributed by atoms with van der Waals surface area (Å²) in [4.78, 5) is 9.28. The molecule has 0 aliphatic rings. The maximum absolute atomic E-state index is 6.35. The van der Waals surface area contributed by atoms with E-state index in [1.807, 2.05) is 72.8 Å². The number of aromatic amines is 1.